The molecule has 150 valence electrons. The van der Waals surface area contributed by atoms with E-state index in [-0.39, 0.29) is 31.6 Å². The lowest BCUT2D eigenvalue weighted by molar-refractivity contribution is 0.310. The van der Waals surface area contributed by atoms with E-state index >= 15 is 0 Å². The number of hydrogen-bond donors (Lipinski definition) is 3. The first-order valence-electron chi connectivity index (χ1n) is 9.41. The van der Waals surface area contributed by atoms with Gasteiger partial charge in [-0.15, -0.1) is 0 Å². The Bertz CT molecular complexity index is 1030. The van der Waals surface area contributed by atoms with Crippen LogP contribution in [0.3, 0.4) is 0 Å². The zero-order valence-electron chi connectivity index (χ0n) is 16.0. The van der Waals surface area contributed by atoms with Crippen molar-refractivity contribution in [1.29, 1.82) is 0 Å². The van der Waals surface area contributed by atoms with Gasteiger partial charge in [0.05, 0.1) is 17.9 Å². The second-order valence-electron chi connectivity index (χ2n) is 6.97. The van der Waals surface area contributed by atoms with Gasteiger partial charge in [-0.2, -0.15) is 4.98 Å². The van der Waals surface area contributed by atoms with Crippen LogP contribution in [0, 0.1) is 17.9 Å². The molecule has 29 heavy (non-hydrogen) atoms. The van der Waals surface area contributed by atoms with Crippen molar-refractivity contribution in [3.8, 4) is 11.3 Å². The third-order valence-electron chi connectivity index (χ3n) is 4.98. The zero-order chi connectivity index (χ0) is 20.4. The summed E-state index contributed by atoms with van der Waals surface area (Å²) in [4.78, 5) is 9.12. The number of nitrogens with zero attached hydrogens (tertiary/aromatic N) is 3. The molecule has 7 nitrogen and oxygen atoms in total. The molecule has 0 amide bonds. The minimum absolute atomic E-state index is 0.0943. The van der Waals surface area contributed by atoms with Crippen LogP contribution in [-0.4, -0.2) is 34.9 Å². The molecule has 4 rings (SSSR count). The number of nitrogens with one attached hydrogen (secondary N) is 2. The standard InChI is InChI=1S/C21H22FN5O2/c1-14-11-15(22)7-8-17(14)19-18-12-23-13-27(29,16-5-3-2-4-6-16)20(18)26-21(25-19)24-9-10-28/h2-8,11,23,28H,9-10,12-13H2,1H3,(H,24,25,26). The van der Waals surface area contributed by atoms with Crippen LogP contribution in [0.5, 0.6) is 0 Å². The molecule has 0 spiro atoms. The summed E-state index contributed by atoms with van der Waals surface area (Å²) in [6.45, 7) is 2.53. The number of hydroxylamine groups is 1. The predicted octanol–water partition coefficient (Wildman–Crippen LogP) is 3.19. The SMILES string of the molecule is Cc1cc(F)ccc1-c1nc(NCCO)nc2c1CNC[N+]2([O-])c1ccccc1. The van der Waals surface area contributed by atoms with E-state index in [1.807, 2.05) is 18.2 Å². The average Bonchev–Trinajstić information content (AvgIpc) is 2.73. The maximum Gasteiger partial charge on any atom is 0.243 e. The summed E-state index contributed by atoms with van der Waals surface area (Å²) in [5.41, 5.74) is 3.26. The van der Waals surface area contributed by atoms with Crippen molar-refractivity contribution in [3.05, 3.63) is 70.7 Å². The Hall–Kier alpha value is -2.91. The van der Waals surface area contributed by atoms with Gasteiger partial charge in [-0.1, -0.05) is 18.2 Å². The fourth-order valence-electron chi connectivity index (χ4n) is 3.59. The Morgan fingerprint density at radius 3 is 2.72 bits per heavy atom. The van der Waals surface area contributed by atoms with E-state index in [4.69, 9.17) is 0 Å². The van der Waals surface area contributed by atoms with Crippen molar-refractivity contribution < 1.29 is 9.50 Å². The first kappa shape index (κ1) is 19.4. The number of aliphatic hydroxyl groups excluding tert-OH is 1. The number of fused-ring (bicyclic) bond motifs is 1. The molecule has 3 N–H and O–H groups in total. The highest BCUT2D eigenvalue weighted by atomic mass is 19.1. The minimum atomic E-state index is -0.778. The van der Waals surface area contributed by atoms with E-state index in [9.17, 15) is 14.7 Å². The minimum Gasteiger partial charge on any atom is -0.620 e. The van der Waals surface area contributed by atoms with E-state index in [0.717, 1.165) is 5.56 Å². The van der Waals surface area contributed by atoms with Crippen molar-refractivity contribution in [2.24, 2.45) is 0 Å². The number of para-hydroxylation sites is 1. The first-order chi connectivity index (χ1) is 14.0. The number of aromatic nitrogens is 2. The van der Waals surface area contributed by atoms with Crippen LogP contribution in [0.4, 0.5) is 21.8 Å². The molecule has 0 saturated heterocycles. The van der Waals surface area contributed by atoms with Gasteiger partial charge in [0.1, 0.15) is 18.2 Å². The van der Waals surface area contributed by atoms with Crippen molar-refractivity contribution in [3.63, 3.8) is 0 Å². The molecule has 0 radical (unpaired) electrons. The number of anilines is 1. The van der Waals surface area contributed by atoms with E-state index in [2.05, 4.69) is 20.6 Å². The monoisotopic (exact) mass is 395 g/mol. The summed E-state index contributed by atoms with van der Waals surface area (Å²) in [6.07, 6.45) is 0. The van der Waals surface area contributed by atoms with Crippen molar-refractivity contribution in [1.82, 2.24) is 19.9 Å². The summed E-state index contributed by atoms with van der Waals surface area (Å²) in [6, 6.07) is 13.5. The molecule has 0 bridgehead atoms. The van der Waals surface area contributed by atoms with Gasteiger partial charge in [0.15, 0.2) is 0 Å². The molecule has 2 aromatic carbocycles. The highest BCUT2D eigenvalue weighted by molar-refractivity contribution is 5.75. The highest BCUT2D eigenvalue weighted by Crippen LogP contribution is 2.41. The zero-order valence-corrected chi connectivity index (χ0v) is 16.0. The lowest BCUT2D eigenvalue weighted by atomic mass is 10.00. The maximum absolute atomic E-state index is 13.9. The Labute approximate surface area is 168 Å². The third-order valence-corrected chi connectivity index (χ3v) is 4.98. The molecular weight excluding hydrogens is 373 g/mol. The molecule has 0 aliphatic carbocycles. The normalized spacial score (nSPS) is 18.3. The molecule has 8 heteroatoms. The van der Waals surface area contributed by atoms with Crippen LogP contribution in [0.2, 0.25) is 0 Å². The summed E-state index contributed by atoms with van der Waals surface area (Å²) in [5, 5.41) is 29.3. The molecule has 0 fully saturated rings. The van der Waals surface area contributed by atoms with Crippen LogP contribution >= 0.6 is 0 Å². The molecule has 2 heterocycles. The van der Waals surface area contributed by atoms with Gasteiger partial charge >= 0.3 is 0 Å². The van der Waals surface area contributed by atoms with Gasteiger partial charge in [0.2, 0.25) is 11.8 Å². The number of benzene rings is 2. The maximum atomic E-state index is 13.9. The summed E-state index contributed by atoms with van der Waals surface area (Å²) in [7, 11) is 0. The summed E-state index contributed by atoms with van der Waals surface area (Å²) < 4.78 is 12.9. The topological polar surface area (TPSA) is 93.1 Å². The Kier molecular flexibility index (Phi) is 5.25. The van der Waals surface area contributed by atoms with E-state index in [0.29, 0.717) is 34.9 Å². The van der Waals surface area contributed by atoms with Crippen LogP contribution in [-0.2, 0) is 6.54 Å². The van der Waals surface area contributed by atoms with E-state index < -0.39 is 4.65 Å². The molecule has 1 aliphatic rings. The van der Waals surface area contributed by atoms with Crippen LogP contribution in [0.15, 0.2) is 48.5 Å². The van der Waals surface area contributed by atoms with Gasteiger partial charge in [-0.3, -0.25) is 9.96 Å². The second-order valence-corrected chi connectivity index (χ2v) is 6.97. The van der Waals surface area contributed by atoms with Gasteiger partial charge in [0, 0.05) is 18.7 Å². The molecular formula is C21H22FN5O2. The molecule has 1 aliphatic heterocycles. The van der Waals surface area contributed by atoms with E-state index in [1.165, 1.54) is 12.1 Å². The molecule has 3 aromatic rings. The number of halogens is 1. The molecule has 1 unspecified atom stereocenters. The number of rotatable bonds is 5. The Morgan fingerprint density at radius 1 is 1.21 bits per heavy atom. The predicted molar refractivity (Wildman–Crippen MR) is 111 cm³/mol. The fraction of sp³-hybridized carbons (Fsp3) is 0.238. The largest absolute Gasteiger partial charge is 0.620 e. The average molecular weight is 395 g/mol. The number of aryl methyl sites for hydroxylation is 1. The summed E-state index contributed by atoms with van der Waals surface area (Å²) >= 11 is 0. The van der Waals surface area contributed by atoms with Crippen molar-refractivity contribution in [2.75, 3.05) is 25.1 Å². The lowest BCUT2D eigenvalue weighted by Gasteiger charge is -2.44. The van der Waals surface area contributed by atoms with Crippen LogP contribution in [0.25, 0.3) is 11.3 Å². The third kappa shape index (κ3) is 3.58. The van der Waals surface area contributed by atoms with Crippen LogP contribution in [0.1, 0.15) is 11.1 Å². The van der Waals surface area contributed by atoms with Gasteiger partial charge in [-0.05, 0) is 42.8 Å². The van der Waals surface area contributed by atoms with Gasteiger partial charge in [0.25, 0.3) is 0 Å². The highest BCUT2D eigenvalue weighted by Gasteiger charge is 2.35. The number of aliphatic hydroxyl groups is 1. The van der Waals surface area contributed by atoms with Gasteiger partial charge < -0.3 is 15.6 Å². The summed E-state index contributed by atoms with van der Waals surface area (Å²) in [5.74, 6) is 0.265. The Balaban J connectivity index is 1.94. The molecule has 0 saturated carbocycles. The Morgan fingerprint density at radius 2 is 2.00 bits per heavy atom. The quantitative estimate of drug-likeness (QED) is 0.454. The fourth-order valence-corrected chi connectivity index (χ4v) is 3.59. The van der Waals surface area contributed by atoms with Crippen LogP contribution < -0.4 is 15.3 Å². The smallest absolute Gasteiger partial charge is 0.243 e. The van der Waals surface area contributed by atoms with Crippen molar-refractivity contribution >= 4 is 17.5 Å². The first-order valence-corrected chi connectivity index (χ1v) is 9.41. The number of quaternary nitrogens is 1. The van der Waals surface area contributed by atoms with Crippen molar-refractivity contribution in [2.45, 2.75) is 13.5 Å². The molecule has 1 aromatic heterocycles. The second kappa shape index (κ2) is 7.84. The van der Waals surface area contributed by atoms with Gasteiger partial charge in [-0.25, -0.2) is 9.37 Å². The lowest BCUT2D eigenvalue weighted by Crippen LogP contribution is -2.50. The van der Waals surface area contributed by atoms with E-state index in [1.54, 1.807) is 25.1 Å². The number of hydrogen-bond acceptors (Lipinski definition) is 6. The molecule has 1 atom stereocenters.